The largest absolute Gasteiger partial charge is 0.462 e. The molecular formula is C65H108O5. The fourth-order valence-electron chi connectivity index (χ4n) is 7.77. The molecule has 0 aromatic heterocycles. The third kappa shape index (κ3) is 56.9. The number of hydrogen-bond acceptors (Lipinski definition) is 5. The first-order valence-corrected chi connectivity index (χ1v) is 29.1. The lowest BCUT2D eigenvalue weighted by molar-refractivity contribution is -0.163. The van der Waals surface area contributed by atoms with E-state index in [1.807, 2.05) is 0 Å². The van der Waals surface area contributed by atoms with Gasteiger partial charge in [-0.25, -0.2) is 0 Å². The molecule has 0 saturated heterocycles. The van der Waals surface area contributed by atoms with Crippen molar-refractivity contribution in [3.63, 3.8) is 0 Å². The molecule has 1 atom stereocenters. The Hall–Kier alpha value is -3.70. The molecule has 0 bridgehead atoms. The molecule has 0 aromatic carbocycles. The Morgan fingerprint density at radius 1 is 0.314 bits per heavy atom. The Balaban J connectivity index is 4.36. The van der Waals surface area contributed by atoms with E-state index in [1.165, 1.54) is 89.9 Å². The minimum absolute atomic E-state index is 0.0637. The molecule has 0 saturated carbocycles. The van der Waals surface area contributed by atoms with Gasteiger partial charge in [0.05, 0.1) is 6.61 Å². The van der Waals surface area contributed by atoms with Crippen LogP contribution in [0.5, 0.6) is 0 Å². The molecule has 0 amide bonds. The molecular weight excluding hydrogens is 861 g/mol. The van der Waals surface area contributed by atoms with Gasteiger partial charge in [-0.2, -0.15) is 0 Å². The summed E-state index contributed by atoms with van der Waals surface area (Å²) in [6.07, 6.45) is 83.6. The molecule has 0 rings (SSSR count). The summed E-state index contributed by atoms with van der Waals surface area (Å²) >= 11 is 0. The Bertz CT molecular complexity index is 1420. The summed E-state index contributed by atoms with van der Waals surface area (Å²) in [5, 5.41) is 0. The van der Waals surface area contributed by atoms with E-state index >= 15 is 0 Å². The topological polar surface area (TPSA) is 61.8 Å². The highest BCUT2D eigenvalue weighted by molar-refractivity contribution is 5.70. The van der Waals surface area contributed by atoms with Gasteiger partial charge in [0.15, 0.2) is 6.10 Å². The monoisotopic (exact) mass is 969 g/mol. The third-order valence-electron chi connectivity index (χ3n) is 12.0. The van der Waals surface area contributed by atoms with Crippen molar-refractivity contribution in [2.75, 3.05) is 19.8 Å². The molecule has 0 fully saturated rings. The lowest BCUT2D eigenvalue weighted by Crippen LogP contribution is -2.30. The van der Waals surface area contributed by atoms with Crippen LogP contribution in [0, 0.1) is 0 Å². The van der Waals surface area contributed by atoms with Gasteiger partial charge in [0, 0.05) is 19.4 Å². The van der Waals surface area contributed by atoms with Crippen molar-refractivity contribution < 1.29 is 23.8 Å². The van der Waals surface area contributed by atoms with Crippen molar-refractivity contribution in [1.82, 2.24) is 0 Å². The maximum absolute atomic E-state index is 12.9. The number of unbranched alkanes of at least 4 members (excludes halogenated alkanes) is 21. The van der Waals surface area contributed by atoms with E-state index in [0.717, 1.165) is 128 Å². The molecule has 0 spiro atoms. The molecule has 0 radical (unpaired) electrons. The minimum atomic E-state index is -0.561. The van der Waals surface area contributed by atoms with E-state index in [-0.39, 0.29) is 25.2 Å². The smallest absolute Gasteiger partial charge is 0.306 e. The van der Waals surface area contributed by atoms with Crippen LogP contribution >= 0.6 is 0 Å². The van der Waals surface area contributed by atoms with Crippen LogP contribution in [0.2, 0.25) is 0 Å². The van der Waals surface area contributed by atoms with Gasteiger partial charge in [0.2, 0.25) is 0 Å². The Morgan fingerprint density at radius 2 is 0.600 bits per heavy atom. The molecule has 5 nitrogen and oxygen atoms in total. The highest BCUT2D eigenvalue weighted by Crippen LogP contribution is 2.14. The first kappa shape index (κ1) is 66.3. The molecule has 70 heavy (non-hydrogen) atoms. The van der Waals surface area contributed by atoms with Crippen LogP contribution in [0.15, 0.2) is 122 Å². The molecule has 0 aliphatic heterocycles. The second-order valence-corrected chi connectivity index (χ2v) is 18.7. The Kier molecular flexibility index (Phi) is 56.5. The molecule has 398 valence electrons. The van der Waals surface area contributed by atoms with E-state index in [9.17, 15) is 9.59 Å². The first-order chi connectivity index (χ1) is 34.6. The van der Waals surface area contributed by atoms with Crippen LogP contribution in [0.25, 0.3) is 0 Å². The molecule has 5 heteroatoms. The molecule has 0 aliphatic carbocycles. The van der Waals surface area contributed by atoms with Gasteiger partial charge in [-0.15, -0.1) is 0 Å². The Labute approximate surface area is 433 Å². The van der Waals surface area contributed by atoms with Crippen LogP contribution in [0.3, 0.4) is 0 Å². The first-order valence-electron chi connectivity index (χ1n) is 29.1. The van der Waals surface area contributed by atoms with Crippen LogP contribution in [-0.2, 0) is 23.8 Å². The summed E-state index contributed by atoms with van der Waals surface area (Å²) in [7, 11) is 0. The van der Waals surface area contributed by atoms with Crippen LogP contribution < -0.4 is 0 Å². The number of rotatable bonds is 52. The fraction of sp³-hybridized carbons (Fsp3) is 0.662. The maximum atomic E-state index is 12.9. The standard InChI is InChI=1S/C65H108O5/c1-4-7-10-13-16-19-22-25-28-31-33-35-37-40-43-46-49-52-55-58-64(66)69-62-63(61-68-60-57-54-51-48-45-42-39-36-32-29-26-23-20-17-14-11-8-5-2)70-65(67)59-56-53-50-47-44-41-38-34-30-27-24-21-18-15-12-9-6-3/h7-12,16-21,25-30,33,35,63H,4-6,13-15,22-24,31-32,34,36-62H2,1-3H3/b10-7-,11-8-,12-9-,19-16-,20-17-,21-18-,28-25-,29-26-,30-27-,35-33-. The van der Waals surface area contributed by atoms with E-state index in [2.05, 4.69) is 142 Å². The van der Waals surface area contributed by atoms with E-state index in [1.54, 1.807) is 0 Å². The third-order valence-corrected chi connectivity index (χ3v) is 12.0. The average molecular weight is 970 g/mol. The van der Waals surface area contributed by atoms with Crippen molar-refractivity contribution in [3.05, 3.63) is 122 Å². The van der Waals surface area contributed by atoms with Gasteiger partial charge in [0.25, 0.3) is 0 Å². The molecule has 1 unspecified atom stereocenters. The second-order valence-electron chi connectivity index (χ2n) is 18.7. The van der Waals surface area contributed by atoms with Gasteiger partial charge < -0.3 is 14.2 Å². The van der Waals surface area contributed by atoms with Gasteiger partial charge in [-0.3, -0.25) is 9.59 Å². The summed E-state index contributed by atoms with van der Waals surface area (Å²) in [6.45, 7) is 7.46. The Morgan fingerprint density at radius 3 is 0.957 bits per heavy atom. The van der Waals surface area contributed by atoms with Crippen molar-refractivity contribution in [1.29, 1.82) is 0 Å². The normalized spacial score (nSPS) is 13.1. The second kappa shape index (κ2) is 59.6. The van der Waals surface area contributed by atoms with Crippen molar-refractivity contribution >= 4 is 11.9 Å². The number of carbonyl (C=O) groups excluding carboxylic acids is 2. The van der Waals surface area contributed by atoms with Crippen molar-refractivity contribution in [3.8, 4) is 0 Å². The van der Waals surface area contributed by atoms with Crippen molar-refractivity contribution in [2.24, 2.45) is 0 Å². The SMILES string of the molecule is CC/C=C\C/C=C\C/C=C\C/C=C\CCCCCCCCC(=O)OCC(COCCCCCCCCCC/C=C\C/C=C\C/C=C\CC)OC(=O)CCCCCCCCC/C=C\C/C=C\C/C=C\CC. The summed E-state index contributed by atoms with van der Waals surface area (Å²) in [6, 6.07) is 0. The molecule has 0 N–H and O–H groups in total. The van der Waals surface area contributed by atoms with Crippen LogP contribution in [0.4, 0.5) is 0 Å². The summed E-state index contributed by atoms with van der Waals surface area (Å²) in [5.74, 6) is -0.431. The predicted molar refractivity (Wildman–Crippen MR) is 306 cm³/mol. The van der Waals surface area contributed by atoms with E-state index in [0.29, 0.717) is 19.4 Å². The predicted octanol–water partition coefficient (Wildman–Crippen LogP) is 20.1. The number of allylic oxidation sites excluding steroid dienone is 20. The summed E-state index contributed by atoms with van der Waals surface area (Å²) < 4.78 is 17.5. The fourth-order valence-corrected chi connectivity index (χ4v) is 7.77. The highest BCUT2D eigenvalue weighted by Gasteiger charge is 2.17. The van der Waals surface area contributed by atoms with Gasteiger partial charge in [-0.1, -0.05) is 239 Å². The number of carbonyl (C=O) groups is 2. The minimum Gasteiger partial charge on any atom is -0.462 e. The van der Waals surface area contributed by atoms with Crippen molar-refractivity contribution in [2.45, 2.75) is 258 Å². The zero-order chi connectivity index (χ0) is 50.6. The van der Waals surface area contributed by atoms with E-state index in [4.69, 9.17) is 14.2 Å². The van der Waals surface area contributed by atoms with Gasteiger partial charge in [-0.05, 0) is 122 Å². The summed E-state index contributed by atoms with van der Waals surface area (Å²) in [5.41, 5.74) is 0. The molecule has 0 aromatic rings. The van der Waals surface area contributed by atoms with Gasteiger partial charge in [0.1, 0.15) is 6.61 Å². The average Bonchev–Trinajstić information content (AvgIpc) is 3.36. The highest BCUT2D eigenvalue weighted by atomic mass is 16.6. The zero-order valence-electron chi connectivity index (χ0n) is 45.7. The molecule has 0 aliphatic rings. The van der Waals surface area contributed by atoms with Crippen LogP contribution in [0.1, 0.15) is 252 Å². The maximum Gasteiger partial charge on any atom is 0.306 e. The number of hydrogen-bond donors (Lipinski definition) is 0. The number of ether oxygens (including phenoxy) is 3. The molecule has 0 heterocycles. The van der Waals surface area contributed by atoms with E-state index < -0.39 is 6.10 Å². The van der Waals surface area contributed by atoms with Crippen LogP contribution in [-0.4, -0.2) is 37.9 Å². The van der Waals surface area contributed by atoms with Gasteiger partial charge >= 0.3 is 11.9 Å². The lowest BCUT2D eigenvalue weighted by atomic mass is 10.1. The quantitative estimate of drug-likeness (QED) is 0.0345. The lowest BCUT2D eigenvalue weighted by Gasteiger charge is -2.18. The number of esters is 2. The zero-order valence-corrected chi connectivity index (χ0v) is 45.7. The summed E-state index contributed by atoms with van der Waals surface area (Å²) in [4.78, 5) is 25.6.